The predicted molar refractivity (Wildman–Crippen MR) is 255 cm³/mol. The second-order valence-corrected chi connectivity index (χ2v) is 18.3. The summed E-state index contributed by atoms with van der Waals surface area (Å²) in [5.74, 6) is -1.70. The van der Waals surface area contributed by atoms with Crippen LogP contribution in [-0.2, 0) is 33.4 Å². The Morgan fingerprint density at radius 3 is 1.27 bits per heavy atom. The summed E-state index contributed by atoms with van der Waals surface area (Å²) in [6, 6.07) is 28.9. The maximum Gasteiger partial charge on any atom is 0.410 e. The van der Waals surface area contributed by atoms with E-state index < -0.39 is 52.1 Å². The van der Waals surface area contributed by atoms with E-state index in [1.807, 2.05) is 68.4 Å². The van der Waals surface area contributed by atoms with E-state index in [4.69, 9.17) is 20.3 Å². The number of carboxylic acid groups (broad SMARTS) is 1. The molecule has 0 unspecified atom stereocenters. The fourth-order valence-corrected chi connectivity index (χ4v) is 8.06. The van der Waals surface area contributed by atoms with E-state index in [1.54, 1.807) is 81.4 Å². The van der Waals surface area contributed by atoms with Crippen molar-refractivity contribution in [1.82, 2.24) is 20.4 Å². The number of nitrogens with two attached hydrogens (primary N) is 1. The highest BCUT2D eigenvalue weighted by atomic mass is 32.2. The van der Waals surface area contributed by atoms with Crippen LogP contribution in [0.25, 0.3) is 0 Å². The third kappa shape index (κ3) is 18.0. The van der Waals surface area contributed by atoms with Crippen LogP contribution in [0.4, 0.5) is 9.59 Å². The van der Waals surface area contributed by atoms with Gasteiger partial charge in [0.1, 0.15) is 17.2 Å². The third-order valence-corrected chi connectivity index (χ3v) is 11.6. The van der Waals surface area contributed by atoms with Crippen molar-refractivity contribution in [3.8, 4) is 0 Å². The van der Waals surface area contributed by atoms with Gasteiger partial charge in [-0.05, 0) is 77.5 Å². The van der Waals surface area contributed by atoms with Gasteiger partial charge >= 0.3 is 18.2 Å². The van der Waals surface area contributed by atoms with Crippen LogP contribution < -0.4 is 16.4 Å². The number of Topliss-reactive ketones (excluding diaryl/α,β-unsaturated/α-hetero) is 1. The molecular formula is C49H73N5O9S. The van der Waals surface area contributed by atoms with Crippen molar-refractivity contribution in [3.63, 3.8) is 0 Å². The van der Waals surface area contributed by atoms with Gasteiger partial charge in [0.2, 0.25) is 11.8 Å². The van der Waals surface area contributed by atoms with Crippen molar-refractivity contribution in [2.24, 2.45) is 11.7 Å². The quantitative estimate of drug-likeness (QED) is 0.0962. The summed E-state index contributed by atoms with van der Waals surface area (Å²) < 4.78 is 9.94. The second-order valence-electron chi connectivity index (χ2n) is 17.1. The van der Waals surface area contributed by atoms with E-state index in [0.29, 0.717) is 25.0 Å². The summed E-state index contributed by atoms with van der Waals surface area (Å²) in [7, 11) is 6.18. The maximum atomic E-state index is 13.6. The van der Waals surface area contributed by atoms with Gasteiger partial charge in [-0.25, -0.2) is 14.4 Å². The Morgan fingerprint density at radius 1 is 0.625 bits per heavy atom. The molecule has 3 aromatic carbocycles. The number of rotatable bonds is 17. The van der Waals surface area contributed by atoms with Crippen molar-refractivity contribution in [2.75, 3.05) is 33.9 Å². The van der Waals surface area contributed by atoms with Gasteiger partial charge in [0.15, 0.2) is 5.78 Å². The Bertz CT molecular complexity index is 1810. The monoisotopic (exact) mass is 908 g/mol. The summed E-state index contributed by atoms with van der Waals surface area (Å²) in [6.07, 6.45) is 0.304. The Labute approximate surface area is 385 Å². The molecule has 354 valence electrons. The van der Waals surface area contributed by atoms with Crippen molar-refractivity contribution < 1.29 is 43.3 Å². The van der Waals surface area contributed by atoms with Crippen molar-refractivity contribution >= 4 is 47.5 Å². The smallest absolute Gasteiger partial charge is 0.410 e. The van der Waals surface area contributed by atoms with Gasteiger partial charge in [0.25, 0.3) is 0 Å². The Hall–Kier alpha value is -5.41. The molecule has 0 radical (unpaired) electrons. The lowest BCUT2D eigenvalue weighted by Gasteiger charge is -2.36. The second kappa shape index (κ2) is 27.0. The van der Waals surface area contributed by atoms with Gasteiger partial charge in [-0.2, -0.15) is 0 Å². The standard InChI is InChI=1S/C34H42N2O4S.C10H19NO4.C5H12N2O/c1-7-29(36(6)32(39)40-33(2,3)4)30(37)23-25(31(38)35-5)24-41-34(26-17-11-8-12-18-26,27-19-13-9-14-20-27)28-21-15-10-16-22-28;1-6-7(8(12)13)11(5)9(14)15-10(2,3)4;1-3-4(6)5(8)7-2/h8-22,25,29H,7,23-24H2,1-6H3,(H,35,38);7H,6H2,1-5H3,(H,12,13);4H,3,6H2,1-2H3,(H,7,8)/t25-,29-;7-;4-/m000/s1. The first-order chi connectivity index (χ1) is 29.9. The normalized spacial score (nSPS) is 13.1. The molecule has 3 rings (SSSR count). The number of carbonyl (C=O) groups is 6. The van der Waals surface area contributed by atoms with Gasteiger partial charge in [-0.3, -0.25) is 19.3 Å². The summed E-state index contributed by atoms with van der Waals surface area (Å²) in [5.41, 5.74) is 7.28. The van der Waals surface area contributed by atoms with E-state index in [-0.39, 0.29) is 30.1 Å². The lowest BCUT2D eigenvalue weighted by atomic mass is 9.84. The van der Waals surface area contributed by atoms with Crippen molar-refractivity contribution in [1.29, 1.82) is 0 Å². The zero-order valence-electron chi connectivity index (χ0n) is 40.1. The minimum absolute atomic E-state index is 0.00671. The fraction of sp³-hybridized carbons (Fsp3) is 0.510. The first-order valence-electron chi connectivity index (χ1n) is 21.6. The summed E-state index contributed by atoms with van der Waals surface area (Å²) in [5, 5.41) is 14.0. The maximum absolute atomic E-state index is 13.6. The van der Waals surface area contributed by atoms with Crippen LogP contribution in [0, 0.1) is 5.92 Å². The number of carboxylic acids is 1. The third-order valence-electron chi connectivity index (χ3n) is 9.86. The number of ether oxygens (including phenoxy) is 2. The summed E-state index contributed by atoms with van der Waals surface area (Å²) >= 11 is 1.65. The topological polar surface area (TPSA) is 198 Å². The molecule has 0 spiro atoms. The van der Waals surface area contributed by atoms with Gasteiger partial charge in [0, 0.05) is 40.4 Å². The highest BCUT2D eigenvalue weighted by molar-refractivity contribution is 8.00. The zero-order valence-corrected chi connectivity index (χ0v) is 40.9. The average Bonchev–Trinajstić information content (AvgIpc) is 3.26. The largest absolute Gasteiger partial charge is 0.480 e. The van der Waals surface area contributed by atoms with E-state index in [1.165, 1.54) is 11.9 Å². The highest BCUT2D eigenvalue weighted by Crippen LogP contribution is 2.49. The van der Waals surface area contributed by atoms with Crippen LogP contribution in [0.5, 0.6) is 0 Å². The molecule has 0 saturated carbocycles. The first kappa shape index (κ1) is 56.6. The SMILES string of the molecule is CC[C@@H](C(=O)C[C@@H](CSC(c1ccccc1)(c1ccccc1)c1ccccc1)C(=O)NC)N(C)C(=O)OC(C)(C)C.CC[C@@H](C(=O)O)N(C)C(=O)OC(C)(C)C.CC[C@H](N)C(=O)NC. The molecule has 14 nitrogen and oxygen atoms in total. The molecule has 0 bridgehead atoms. The van der Waals surface area contributed by atoms with Gasteiger partial charge < -0.3 is 35.8 Å². The van der Waals surface area contributed by atoms with E-state index in [2.05, 4.69) is 47.0 Å². The van der Waals surface area contributed by atoms with Crippen LogP contribution in [0.1, 0.15) is 105 Å². The number of ketones is 1. The van der Waals surface area contributed by atoms with Gasteiger partial charge in [-0.15, -0.1) is 11.8 Å². The lowest BCUT2D eigenvalue weighted by Crippen LogP contribution is -2.46. The van der Waals surface area contributed by atoms with E-state index >= 15 is 0 Å². The molecule has 0 saturated heterocycles. The predicted octanol–water partition coefficient (Wildman–Crippen LogP) is 7.86. The van der Waals surface area contributed by atoms with E-state index in [9.17, 15) is 28.8 Å². The molecule has 5 N–H and O–H groups in total. The van der Waals surface area contributed by atoms with Crippen LogP contribution in [0.2, 0.25) is 0 Å². The zero-order chi connectivity index (χ0) is 48.8. The van der Waals surface area contributed by atoms with E-state index in [0.717, 1.165) is 21.6 Å². The molecule has 0 aliphatic heterocycles. The molecule has 0 heterocycles. The molecule has 3 aromatic rings. The molecule has 4 amide bonds. The number of likely N-dealkylation sites (N-methyl/N-ethyl adjacent to an activating group) is 3. The van der Waals surface area contributed by atoms with Crippen LogP contribution in [0.3, 0.4) is 0 Å². The van der Waals surface area contributed by atoms with Crippen LogP contribution >= 0.6 is 11.8 Å². The Morgan fingerprint density at radius 2 is 0.984 bits per heavy atom. The molecule has 0 aromatic heterocycles. The number of benzene rings is 3. The number of amides is 4. The minimum Gasteiger partial charge on any atom is -0.480 e. The Kier molecular flexibility index (Phi) is 23.9. The van der Waals surface area contributed by atoms with Crippen molar-refractivity contribution in [3.05, 3.63) is 108 Å². The summed E-state index contributed by atoms with van der Waals surface area (Å²) in [6.45, 7) is 16.0. The molecular weight excluding hydrogens is 835 g/mol. The minimum atomic E-state index is -1.02. The highest BCUT2D eigenvalue weighted by Gasteiger charge is 2.39. The first-order valence-corrected chi connectivity index (χ1v) is 22.6. The molecule has 0 fully saturated rings. The average molecular weight is 908 g/mol. The lowest BCUT2D eigenvalue weighted by molar-refractivity contribution is -0.142. The number of carbonyl (C=O) groups excluding carboxylic acids is 5. The van der Waals surface area contributed by atoms with Gasteiger partial charge in [0.05, 0.1) is 22.7 Å². The number of aliphatic carboxylic acids is 1. The number of nitrogens with zero attached hydrogens (tertiary/aromatic N) is 2. The molecule has 64 heavy (non-hydrogen) atoms. The molecule has 0 aliphatic carbocycles. The van der Waals surface area contributed by atoms with Crippen molar-refractivity contribution in [2.45, 2.75) is 122 Å². The van der Waals surface area contributed by atoms with Crippen LogP contribution in [0.15, 0.2) is 91.0 Å². The Balaban J connectivity index is 0.000000730. The van der Waals surface area contributed by atoms with Gasteiger partial charge in [-0.1, -0.05) is 112 Å². The van der Waals surface area contributed by atoms with Crippen LogP contribution in [-0.4, -0.2) is 114 Å². The number of hydrogen-bond donors (Lipinski definition) is 4. The molecule has 15 heteroatoms. The number of nitrogens with one attached hydrogen (secondary N) is 2. The summed E-state index contributed by atoms with van der Waals surface area (Å²) in [4.78, 5) is 74.8. The molecule has 4 atom stereocenters. The number of thioether (sulfide) groups is 1. The molecule has 0 aliphatic rings. The number of hydrogen-bond acceptors (Lipinski definition) is 10. The fourth-order valence-electron chi connectivity index (χ4n) is 6.43.